The summed E-state index contributed by atoms with van der Waals surface area (Å²) in [5.74, 6) is 0.169. The van der Waals surface area contributed by atoms with Crippen LogP contribution in [0.15, 0.2) is 23.3 Å². The van der Waals surface area contributed by atoms with Crippen LogP contribution >= 0.6 is 0 Å². The zero-order valence-corrected chi connectivity index (χ0v) is 12.2. The summed E-state index contributed by atoms with van der Waals surface area (Å²) < 4.78 is 22.3. The minimum atomic E-state index is -0.0133. The van der Waals surface area contributed by atoms with Gasteiger partial charge in [-0.3, -0.25) is 0 Å². The molecule has 0 aromatic rings. The van der Waals surface area contributed by atoms with Gasteiger partial charge in [0.1, 0.15) is 0 Å². The molecule has 0 amide bonds. The Morgan fingerprint density at radius 1 is 1.21 bits per heavy atom. The van der Waals surface area contributed by atoms with Crippen LogP contribution in [0, 0.1) is 5.92 Å². The lowest BCUT2D eigenvalue weighted by molar-refractivity contribution is -0.106. The molecule has 4 atom stereocenters. The van der Waals surface area contributed by atoms with Crippen LogP contribution in [0.5, 0.6) is 0 Å². The lowest BCUT2D eigenvalue weighted by Gasteiger charge is -2.40. The summed E-state index contributed by atoms with van der Waals surface area (Å²) in [7, 11) is 6.92. The fourth-order valence-electron chi connectivity index (χ4n) is 3.29. The third-order valence-corrected chi connectivity index (χ3v) is 4.21. The normalized spacial score (nSPS) is 31.7. The maximum absolute atomic E-state index is 5.72. The third kappa shape index (κ3) is 2.77. The Labute approximate surface area is 115 Å². The summed E-state index contributed by atoms with van der Waals surface area (Å²) in [6, 6.07) is 0. The molecule has 0 saturated heterocycles. The fraction of sp³-hybridized carbons (Fsp3) is 0.733. The summed E-state index contributed by atoms with van der Waals surface area (Å²) in [6.07, 6.45) is 6.46. The van der Waals surface area contributed by atoms with Gasteiger partial charge in [-0.05, 0) is 18.4 Å². The van der Waals surface area contributed by atoms with Crippen LogP contribution in [0.25, 0.3) is 0 Å². The molecule has 4 heteroatoms. The highest BCUT2D eigenvalue weighted by Crippen LogP contribution is 2.41. The van der Waals surface area contributed by atoms with Crippen LogP contribution in [-0.4, -0.2) is 53.4 Å². The second-order valence-corrected chi connectivity index (χ2v) is 5.10. The Hall–Kier alpha value is -0.680. The van der Waals surface area contributed by atoms with E-state index in [4.69, 9.17) is 18.9 Å². The van der Waals surface area contributed by atoms with Gasteiger partial charge in [0.2, 0.25) is 0 Å². The summed E-state index contributed by atoms with van der Waals surface area (Å²) in [5.41, 5.74) is 2.80. The number of hydrogen-bond donors (Lipinski definition) is 0. The molecule has 0 bridgehead atoms. The lowest BCUT2D eigenvalue weighted by Crippen LogP contribution is -2.47. The highest BCUT2D eigenvalue weighted by atomic mass is 16.5. The molecular formula is C15H24O4. The average Bonchev–Trinajstić information content (AvgIpc) is 2.90. The molecule has 19 heavy (non-hydrogen) atoms. The number of rotatable bonds is 6. The van der Waals surface area contributed by atoms with Gasteiger partial charge in [0, 0.05) is 34.4 Å². The van der Waals surface area contributed by atoms with Crippen molar-refractivity contribution >= 4 is 0 Å². The van der Waals surface area contributed by atoms with Gasteiger partial charge in [0.05, 0.1) is 24.9 Å². The first kappa shape index (κ1) is 14.7. The molecule has 0 spiro atoms. The van der Waals surface area contributed by atoms with Crippen molar-refractivity contribution in [1.82, 2.24) is 0 Å². The highest BCUT2D eigenvalue weighted by molar-refractivity contribution is 5.40. The van der Waals surface area contributed by atoms with Crippen LogP contribution in [0.3, 0.4) is 0 Å². The van der Waals surface area contributed by atoms with Crippen molar-refractivity contribution in [3.63, 3.8) is 0 Å². The van der Waals surface area contributed by atoms with Crippen molar-refractivity contribution in [2.24, 2.45) is 5.92 Å². The predicted molar refractivity (Wildman–Crippen MR) is 73.2 cm³/mol. The molecule has 0 radical (unpaired) electrons. The molecule has 0 aliphatic heterocycles. The van der Waals surface area contributed by atoms with Crippen LogP contribution in [0.4, 0.5) is 0 Å². The van der Waals surface area contributed by atoms with E-state index in [-0.39, 0.29) is 24.2 Å². The van der Waals surface area contributed by atoms with Crippen molar-refractivity contribution in [3.05, 3.63) is 23.3 Å². The van der Waals surface area contributed by atoms with Crippen molar-refractivity contribution in [2.45, 2.75) is 31.2 Å². The average molecular weight is 268 g/mol. The van der Waals surface area contributed by atoms with Crippen LogP contribution in [0.2, 0.25) is 0 Å². The molecule has 0 aromatic carbocycles. The van der Waals surface area contributed by atoms with Gasteiger partial charge >= 0.3 is 0 Å². The molecule has 4 nitrogen and oxygen atoms in total. The number of allylic oxidation sites excluding steroid dienone is 2. The van der Waals surface area contributed by atoms with E-state index in [0.29, 0.717) is 6.61 Å². The predicted octanol–water partition coefficient (Wildman–Crippen LogP) is 1.95. The molecule has 2 rings (SSSR count). The first-order valence-electron chi connectivity index (χ1n) is 6.72. The second kappa shape index (κ2) is 6.66. The zero-order chi connectivity index (χ0) is 13.8. The van der Waals surface area contributed by atoms with E-state index >= 15 is 0 Å². The first-order valence-corrected chi connectivity index (χ1v) is 6.72. The third-order valence-electron chi connectivity index (χ3n) is 4.21. The molecule has 0 fully saturated rings. The smallest absolute Gasteiger partial charge is 0.0929 e. The standard InChI is InChI=1S/C15H24O4/c1-16-9-13(18-3)14-11-7-5-6-10(11)8-12(17-2)15(14)19-4/h5,7,12-15H,6,8-9H2,1-4H3/t12-,13-,14+,15-/m1/s1. The monoisotopic (exact) mass is 268 g/mol. The summed E-state index contributed by atoms with van der Waals surface area (Å²) in [4.78, 5) is 0. The molecule has 108 valence electrons. The van der Waals surface area contributed by atoms with Crippen molar-refractivity contribution in [2.75, 3.05) is 35.0 Å². The molecular weight excluding hydrogens is 244 g/mol. The minimum Gasteiger partial charge on any atom is -0.382 e. The van der Waals surface area contributed by atoms with Gasteiger partial charge in [0.15, 0.2) is 0 Å². The fourth-order valence-corrected chi connectivity index (χ4v) is 3.29. The van der Waals surface area contributed by atoms with Crippen molar-refractivity contribution < 1.29 is 18.9 Å². The Kier molecular flexibility index (Phi) is 5.16. The van der Waals surface area contributed by atoms with Gasteiger partial charge in [0.25, 0.3) is 0 Å². The highest BCUT2D eigenvalue weighted by Gasteiger charge is 2.43. The van der Waals surface area contributed by atoms with Crippen LogP contribution in [0.1, 0.15) is 12.8 Å². The maximum atomic E-state index is 5.72. The SMILES string of the molecule is COC[C@@H](OC)[C@@H]1C2=C(CC=C2)C[C@@H](OC)[C@H]1OC. The Bertz CT molecular complexity index is 361. The summed E-state index contributed by atoms with van der Waals surface area (Å²) in [5, 5.41) is 0. The van der Waals surface area contributed by atoms with Crippen LogP contribution in [-0.2, 0) is 18.9 Å². The van der Waals surface area contributed by atoms with E-state index in [1.807, 2.05) is 0 Å². The topological polar surface area (TPSA) is 36.9 Å². The molecule has 2 aliphatic rings. The zero-order valence-electron chi connectivity index (χ0n) is 12.2. The molecule has 0 saturated carbocycles. The number of ether oxygens (including phenoxy) is 4. The van der Waals surface area contributed by atoms with E-state index in [0.717, 1.165) is 12.8 Å². The van der Waals surface area contributed by atoms with Gasteiger partial charge in [-0.15, -0.1) is 0 Å². The summed E-state index contributed by atoms with van der Waals surface area (Å²) >= 11 is 0. The van der Waals surface area contributed by atoms with E-state index in [1.54, 1.807) is 28.4 Å². The minimum absolute atomic E-state index is 0.00611. The van der Waals surface area contributed by atoms with Crippen molar-refractivity contribution in [1.29, 1.82) is 0 Å². The number of hydrogen-bond acceptors (Lipinski definition) is 4. The second-order valence-electron chi connectivity index (χ2n) is 5.10. The Morgan fingerprint density at radius 3 is 2.58 bits per heavy atom. The van der Waals surface area contributed by atoms with E-state index < -0.39 is 0 Å². The largest absolute Gasteiger partial charge is 0.382 e. The molecule has 0 N–H and O–H groups in total. The molecule has 0 heterocycles. The Balaban J connectivity index is 2.32. The number of methoxy groups -OCH3 is 4. The molecule has 2 aliphatic carbocycles. The van der Waals surface area contributed by atoms with Crippen LogP contribution < -0.4 is 0 Å². The maximum Gasteiger partial charge on any atom is 0.0929 e. The van der Waals surface area contributed by atoms with Gasteiger partial charge < -0.3 is 18.9 Å². The van der Waals surface area contributed by atoms with Gasteiger partial charge in [-0.1, -0.05) is 17.7 Å². The van der Waals surface area contributed by atoms with Gasteiger partial charge in [-0.25, -0.2) is 0 Å². The summed E-state index contributed by atoms with van der Waals surface area (Å²) in [6.45, 7) is 0.558. The quantitative estimate of drug-likeness (QED) is 0.738. The van der Waals surface area contributed by atoms with Gasteiger partial charge in [-0.2, -0.15) is 0 Å². The first-order chi connectivity index (χ1) is 9.26. The lowest BCUT2D eigenvalue weighted by atomic mass is 9.77. The molecule has 0 unspecified atom stereocenters. The van der Waals surface area contributed by atoms with E-state index in [1.165, 1.54) is 11.1 Å². The molecule has 0 aromatic heterocycles. The van der Waals surface area contributed by atoms with Crippen molar-refractivity contribution in [3.8, 4) is 0 Å². The van der Waals surface area contributed by atoms with E-state index in [2.05, 4.69) is 12.2 Å². The van der Waals surface area contributed by atoms with E-state index in [9.17, 15) is 0 Å². The Morgan fingerprint density at radius 2 is 2.00 bits per heavy atom.